The average molecular weight is 312 g/mol. The molecule has 1 heterocycles. The van der Waals surface area contributed by atoms with Crippen LogP contribution in [0.1, 0.15) is 55.6 Å². The summed E-state index contributed by atoms with van der Waals surface area (Å²) in [6.07, 6.45) is 4.54. The monoisotopic (exact) mass is 312 g/mol. The van der Waals surface area contributed by atoms with Crippen molar-refractivity contribution in [2.24, 2.45) is 11.7 Å². The van der Waals surface area contributed by atoms with E-state index in [0.29, 0.717) is 17.5 Å². The summed E-state index contributed by atoms with van der Waals surface area (Å²) in [5.41, 5.74) is 10.4. The third kappa shape index (κ3) is 2.72. The standard InChI is InChI=1S/C20H28N2O/c1-13(2)7-9-22-10-8-20(4)14(3)18(22)12-15-5-6-16(19(21)23)11-17(15)20/h5-7,11,14,18H,8-10,12H2,1-4H3,(H2,21,23)/t14?,18?,20-/m1/s1. The number of amides is 1. The van der Waals surface area contributed by atoms with Gasteiger partial charge in [-0.15, -0.1) is 0 Å². The lowest BCUT2D eigenvalue weighted by Crippen LogP contribution is -2.57. The second kappa shape index (κ2) is 5.79. The van der Waals surface area contributed by atoms with E-state index in [1.165, 1.54) is 16.7 Å². The number of likely N-dealkylation sites (tertiary alicyclic amines) is 1. The summed E-state index contributed by atoms with van der Waals surface area (Å²) in [6, 6.07) is 6.64. The van der Waals surface area contributed by atoms with Crippen LogP contribution in [0, 0.1) is 5.92 Å². The molecule has 3 atom stereocenters. The molecule has 1 saturated heterocycles. The van der Waals surface area contributed by atoms with Crippen molar-refractivity contribution in [3.8, 4) is 0 Å². The Hall–Kier alpha value is -1.61. The summed E-state index contributed by atoms with van der Waals surface area (Å²) in [7, 11) is 0. The highest BCUT2D eigenvalue weighted by Crippen LogP contribution is 2.48. The summed E-state index contributed by atoms with van der Waals surface area (Å²) >= 11 is 0. The molecular formula is C20H28N2O. The summed E-state index contributed by atoms with van der Waals surface area (Å²) in [4.78, 5) is 14.2. The van der Waals surface area contributed by atoms with Gasteiger partial charge in [-0.25, -0.2) is 0 Å². The first-order chi connectivity index (χ1) is 10.8. The largest absolute Gasteiger partial charge is 0.366 e. The van der Waals surface area contributed by atoms with Gasteiger partial charge in [0, 0.05) is 18.2 Å². The zero-order chi connectivity index (χ0) is 16.8. The Morgan fingerprint density at radius 1 is 1.43 bits per heavy atom. The summed E-state index contributed by atoms with van der Waals surface area (Å²) < 4.78 is 0. The van der Waals surface area contributed by atoms with Gasteiger partial charge in [0.15, 0.2) is 0 Å². The predicted octanol–water partition coefficient (Wildman–Crippen LogP) is 3.28. The summed E-state index contributed by atoms with van der Waals surface area (Å²) in [6.45, 7) is 11.2. The molecule has 2 N–H and O–H groups in total. The van der Waals surface area contributed by atoms with Crippen LogP contribution in [0.5, 0.6) is 0 Å². The maximum Gasteiger partial charge on any atom is 0.248 e. The van der Waals surface area contributed by atoms with Crippen LogP contribution in [0.4, 0.5) is 0 Å². The van der Waals surface area contributed by atoms with Crippen molar-refractivity contribution in [1.29, 1.82) is 0 Å². The smallest absolute Gasteiger partial charge is 0.248 e. The zero-order valence-electron chi connectivity index (χ0n) is 14.7. The predicted molar refractivity (Wildman–Crippen MR) is 94.6 cm³/mol. The van der Waals surface area contributed by atoms with Crippen molar-refractivity contribution in [3.05, 3.63) is 46.5 Å². The fourth-order valence-electron chi connectivity index (χ4n) is 4.39. The molecule has 2 bridgehead atoms. The Bertz CT molecular complexity index is 660. The molecule has 3 heteroatoms. The second-order valence-electron chi connectivity index (χ2n) is 7.74. The summed E-state index contributed by atoms with van der Waals surface area (Å²) in [5, 5.41) is 0. The van der Waals surface area contributed by atoms with Crippen molar-refractivity contribution >= 4 is 5.91 Å². The van der Waals surface area contributed by atoms with E-state index in [4.69, 9.17) is 5.73 Å². The maximum atomic E-state index is 11.6. The highest BCUT2D eigenvalue weighted by Gasteiger charge is 2.48. The lowest BCUT2D eigenvalue weighted by molar-refractivity contribution is 0.0397. The normalized spacial score (nSPS) is 29.7. The van der Waals surface area contributed by atoms with Crippen LogP contribution in [0.3, 0.4) is 0 Å². The molecule has 0 radical (unpaired) electrons. The van der Waals surface area contributed by atoms with Gasteiger partial charge in [-0.1, -0.05) is 31.6 Å². The number of carbonyl (C=O) groups is 1. The molecule has 1 amide bonds. The molecule has 0 saturated carbocycles. The van der Waals surface area contributed by atoms with Crippen LogP contribution in [-0.4, -0.2) is 29.9 Å². The lowest BCUT2D eigenvalue weighted by Gasteiger charge is -2.54. The van der Waals surface area contributed by atoms with Crippen LogP contribution in [0.2, 0.25) is 0 Å². The molecule has 1 aliphatic carbocycles. The fraction of sp³-hybridized carbons (Fsp3) is 0.550. The van der Waals surface area contributed by atoms with E-state index in [1.807, 2.05) is 6.07 Å². The number of allylic oxidation sites excluding steroid dienone is 1. The number of primary amides is 1. The van der Waals surface area contributed by atoms with Gasteiger partial charge in [-0.3, -0.25) is 9.69 Å². The van der Waals surface area contributed by atoms with E-state index in [1.54, 1.807) is 0 Å². The molecular weight excluding hydrogens is 284 g/mol. The van der Waals surface area contributed by atoms with E-state index >= 15 is 0 Å². The Labute approximate surface area is 139 Å². The molecule has 2 aliphatic rings. The molecule has 3 nitrogen and oxygen atoms in total. The number of nitrogens with zero attached hydrogens (tertiary/aromatic N) is 1. The van der Waals surface area contributed by atoms with Gasteiger partial charge < -0.3 is 5.73 Å². The van der Waals surface area contributed by atoms with Gasteiger partial charge in [-0.2, -0.15) is 0 Å². The average Bonchev–Trinajstić information content (AvgIpc) is 2.49. The summed E-state index contributed by atoms with van der Waals surface area (Å²) in [5.74, 6) is 0.254. The zero-order valence-corrected chi connectivity index (χ0v) is 14.7. The van der Waals surface area contributed by atoms with Crippen molar-refractivity contribution in [1.82, 2.24) is 4.90 Å². The molecule has 2 unspecified atom stereocenters. The molecule has 3 rings (SSSR count). The highest BCUT2D eigenvalue weighted by atomic mass is 16.1. The number of carbonyl (C=O) groups excluding carboxylic acids is 1. The van der Waals surface area contributed by atoms with E-state index in [-0.39, 0.29) is 11.3 Å². The van der Waals surface area contributed by atoms with Gasteiger partial charge in [0.25, 0.3) is 0 Å². The SMILES string of the molecule is CC(C)=CCN1CC[C@@]2(C)c3cc(C(N)=O)ccc3CC1C2C. The first-order valence-electron chi connectivity index (χ1n) is 8.63. The third-order valence-electron chi connectivity index (χ3n) is 6.14. The van der Waals surface area contributed by atoms with Crippen LogP contribution < -0.4 is 5.73 Å². The van der Waals surface area contributed by atoms with Crippen LogP contribution >= 0.6 is 0 Å². The minimum absolute atomic E-state index is 0.144. The first-order valence-corrected chi connectivity index (χ1v) is 8.63. The van der Waals surface area contributed by atoms with E-state index in [2.05, 4.69) is 50.8 Å². The minimum atomic E-state index is -0.327. The molecule has 1 aromatic rings. The van der Waals surface area contributed by atoms with Crippen LogP contribution in [0.15, 0.2) is 29.8 Å². The van der Waals surface area contributed by atoms with Crippen molar-refractivity contribution in [3.63, 3.8) is 0 Å². The molecule has 1 aromatic carbocycles. The number of fused-ring (bicyclic) bond motifs is 4. The van der Waals surface area contributed by atoms with Gasteiger partial charge in [0.05, 0.1) is 0 Å². The number of hydrogen-bond acceptors (Lipinski definition) is 2. The molecule has 0 spiro atoms. The van der Waals surface area contributed by atoms with Crippen molar-refractivity contribution in [2.45, 2.75) is 52.0 Å². The molecule has 23 heavy (non-hydrogen) atoms. The van der Waals surface area contributed by atoms with Crippen molar-refractivity contribution < 1.29 is 4.79 Å². The number of hydrogen-bond donors (Lipinski definition) is 1. The topological polar surface area (TPSA) is 46.3 Å². The lowest BCUT2D eigenvalue weighted by atomic mass is 9.59. The Morgan fingerprint density at radius 2 is 2.17 bits per heavy atom. The van der Waals surface area contributed by atoms with Gasteiger partial charge in [-0.05, 0) is 67.8 Å². The molecule has 1 fully saturated rings. The maximum absolute atomic E-state index is 11.6. The minimum Gasteiger partial charge on any atom is -0.366 e. The van der Waals surface area contributed by atoms with Gasteiger partial charge in [0.1, 0.15) is 0 Å². The van der Waals surface area contributed by atoms with E-state index < -0.39 is 0 Å². The third-order valence-corrected chi connectivity index (χ3v) is 6.14. The molecule has 124 valence electrons. The first kappa shape index (κ1) is 16.3. The number of benzene rings is 1. The molecule has 1 aliphatic heterocycles. The second-order valence-corrected chi connectivity index (χ2v) is 7.74. The molecule has 0 aromatic heterocycles. The van der Waals surface area contributed by atoms with Crippen molar-refractivity contribution in [2.75, 3.05) is 13.1 Å². The van der Waals surface area contributed by atoms with E-state index in [0.717, 1.165) is 25.9 Å². The van der Waals surface area contributed by atoms with Gasteiger partial charge >= 0.3 is 0 Å². The fourth-order valence-corrected chi connectivity index (χ4v) is 4.39. The Balaban J connectivity index is 1.98. The van der Waals surface area contributed by atoms with Crippen LogP contribution in [-0.2, 0) is 11.8 Å². The van der Waals surface area contributed by atoms with Crippen LogP contribution in [0.25, 0.3) is 0 Å². The number of rotatable bonds is 3. The van der Waals surface area contributed by atoms with E-state index in [9.17, 15) is 4.79 Å². The number of piperidine rings is 1. The Morgan fingerprint density at radius 3 is 2.83 bits per heavy atom. The van der Waals surface area contributed by atoms with Gasteiger partial charge in [0.2, 0.25) is 5.91 Å². The Kier molecular flexibility index (Phi) is 4.09. The number of nitrogens with two attached hydrogens (primary N) is 1. The highest BCUT2D eigenvalue weighted by molar-refractivity contribution is 5.93. The quantitative estimate of drug-likeness (QED) is 0.871.